The third-order valence-electron chi connectivity index (χ3n) is 1.81. The zero-order valence-corrected chi connectivity index (χ0v) is 8.34. The van der Waals surface area contributed by atoms with Crippen LogP contribution in [0.5, 0.6) is 0 Å². The number of rotatable bonds is 8. The molecule has 3 nitrogen and oxygen atoms in total. The lowest BCUT2D eigenvalue weighted by Crippen LogP contribution is -2.17. The first-order valence-corrected chi connectivity index (χ1v) is 4.35. The topological polar surface area (TPSA) is 27.7 Å². The average Bonchev–Trinajstić information content (AvgIpc) is 2.10. The van der Waals surface area contributed by atoms with Crippen LogP contribution in [-0.2, 0) is 14.2 Å². The lowest BCUT2D eigenvalue weighted by Gasteiger charge is -2.13. The highest BCUT2D eigenvalue weighted by Crippen LogP contribution is 2.04. The lowest BCUT2D eigenvalue weighted by molar-refractivity contribution is 0.0211. The third kappa shape index (κ3) is 6.58. The molecule has 0 saturated carbocycles. The van der Waals surface area contributed by atoms with Gasteiger partial charge in [0.25, 0.3) is 0 Å². The smallest absolute Gasteiger partial charge is 0.0804 e. The molecule has 74 valence electrons. The van der Waals surface area contributed by atoms with Crippen LogP contribution in [0.2, 0.25) is 0 Å². The molecule has 3 heteroatoms. The summed E-state index contributed by atoms with van der Waals surface area (Å²) in [5.41, 5.74) is 0. The maximum absolute atomic E-state index is 5.21. The molecule has 0 amide bonds. The molecule has 0 aliphatic rings. The standard InChI is InChI=1S/C9H20O3/c1-10-7-5-4-6-9(12-3)8-11-2/h9H,4-8H2,1-3H3. The van der Waals surface area contributed by atoms with E-state index in [4.69, 9.17) is 14.2 Å². The molecule has 0 aromatic heterocycles. The van der Waals surface area contributed by atoms with Crippen LogP contribution in [0.25, 0.3) is 0 Å². The van der Waals surface area contributed by atoms with Crippen LogP contribution in [-0.4, -0.2) is 40.6 Å². The van der Waals surface area contributed by atoms with Gasteiger partial charge in [0.05, 0.1) is 12.7 Å². The Kier molecular flexibility index (Phi) is 8.88. The van der Waals surface area contributed by atoms with Gasteiger partial charge >= 0.3 is 0 Å². The van der Waals surface area contributed by atoms with E-state index < -0.39 is 0 Å². The fourth-order valence-corrected chi connectivity index (χ4v) is 1.07. The predicted octanol–water partition coefficient (Wildman–Crippen LogP) is 1.46. The summed E-state index contributed by atoms with van der Waals surface area (Å²) in [5.74, 6) is 0. The molecule has 0 fully saturated rings. The summed E-state index contributed by atoms with van der Waals surface area (Å²) < 4.78 is 15.1. The van der Waals surface area contributed by atoms with Crippen molar-refractivity contribution < 1.29 is 14.2 Å². The van der Waals surface area contributed by atoms with Gasteiger partial charge in [-0.25, -0.2) is 0 Å². The van der Waals surface area contributed by atoms with Crippen molar-refractivity contribution >= 4 is 0 Å². The maximum Gasteiger partial charge on any atom is 0.0804 e. The average molecular weight is 176 g/mol. The molecule has 0 radical (unpaired) electrons. The number of ether oxygens (including phenoxy) is 3. The molecule has 0 aliphatic heterocycles. The second-order valence-electron chi connectivity index (χ2n) is 2.80. The van der Waals surface area contributed by atoms with Crippen molar-refractivity contribution in [2.24, 2.45) is 0 Å². The van der Waals surface area contributed by atoms with Gasteiger partial charge < -0.3 is 14.2 Å². The van der Waals surface area contributed by atoms with E-state index in [0.717, 1.165) is 25.9 Å². The third-order valence-corrected chi connectivity index (χ3v) is 1.81. The van der Waals surface area contributed by atoms with Crippen LogP contribution < -0.4 is 0 Å². The monoisotopic (exact) mass is 176 g/mol. The molecule has 0 bridgehead atoms. The second-order valence-corrected chi connectivity index (χ2v) is 2.80. The van der Waals surface area contributed by atoms with Crippen molar-refractivity contribution in [1.82, 2.24) is 0 Å². The summed E-state index contributed by atoms with van der Waals surface area (Å²) in [6.07, 6.45) is 3.52. The van der Waals surface area contributed by atoms with Crippen LogP contribution in [0, 0.1) is 0 Å². The first-order chi connectivity index (χ1) is 5.85. The van der Waals surface area contributed by atoms with Crippen molar-refractivity contribution in [2.75, 3.05) is 34.5 Å². The molecule has 0 aromatic carbocycles. The van der Waals surface area contributed by atoms with E-state index in [1.807, 2.05) is 0 Å². The Hall–Kier alpha value is -0.120. The van der Waals surface area contributed by atoms with Gasteiger partial charge in [0.1, 0.15) is 0 Å². The molecular formula is C9H20O3. The molecule has 0 spiro atoms. The Bertz CT molecular complexity index is 85.8. The minimum absolute atomic E-state index is 0.242. The zero-order valence-electron chi connectivity index (χ0n) is 8.34. The van der Waals surface area contributed by atoms with Gasteiger partial charge in [-0.3, -0.25) is 0 Å². The molecule has 1 atom stereocenters. The molecular weight excluding hydrogens is 156 g/mol. The van der Waals surface area contributed by atoms with E-state index in [0.29, 0.717) is 6.61 Å². The Morgan fingerprint density at radius 3 is 2.25 bits per heavy atom. The van der Waals surface area contributed by atoms with Gasteiger partial charge in [0.2, 0.25) is 0 Å². The van der Waals surface area contributed by atoms with Crippen LogP contribution in [0.15, 0.2) is 0 Å². The van der Waals surface area contributed by atoms with Crippen molar-refractivity contribution in [2.45, 2.75) is 25.4 Å². The highest BCUT2D eigenvalue weighted by Gasteiger charge is 2.05. The molecule has 0 saturated heterocycles. The molecule has 0 N–H and O–H groups in total. The number of methoxy groups -OCH3 is 3. The Morgan fingerprint density at radius 2 is 1.75 bits per heavy atom. The number of unbranched alkanes of at least 4 members (excludes halogenated alkanes) is 1. The first kappa shape index (κ1) is 11.9. The molecule has 0 rings (SSSR count). The molecule has 0 aromatic rings. The largest absolute Gasteiger partial charge is 0.385 e. The summed E-state index contributed by atoms with van der Waals surface area (Å²) in [6, 6.07) is 0. The van der Waals surface area contributed by atoms with Gasteiger partial charge in [-0.15, -0.1) is 0 Å². The van der Waals surface area contributed by atoms with E-state index >= 15 is 0 Å². The Balaban J connectivity index is 3.19. The SMILES string of the molecule is COCCCCC(COC)OC. The Labute approximate surface area is 75.0 Å². The van der Waals surface area contributed by atoms with Crippen molar-refractivity contribution in [3.8, 4) is 0 Å². The van der Waals surface area contributed by atoms with E-state index in [2.05, 4.69) is 0 Å². The zero-order chi connectivity index (χ0) is 9.23. The fourth-order valence-electron chi connectivity index (χ4n) is 1.07. The molecule has 12 heavy (non-hydrogen) atoms. The van der Waals surface area contributed by atoms with Crippen LogP contribution >= 0.6 is 0 Å². The summed E-state index contributed by atoms with van der Waals surface area (Å²) in [4.78, 5) is 0. The van der Waals surface area contributed by atoms with Crippen molar-refractivity contribution in [3.05, 3.63) is 0 Å². The van der Waals surface area contributed by atoms with Crippen molar-refractivity contribution in [3.63, 3.8) is 0 Å². The number of hydrogen-bond donors (Lipinski definition) is 0. The van der Waals surface area contributed by atoms with Gasteiger partial charge in [0.15, 0.2) is 0 Å². The van der Waals surface area contributed by atoms with Crippen LogP contribution in [0.1, 0.15) is 19.3 Å². The van der Waals surface area contributed by atoms with Gasteiger partial charge in [-0.2, -0.15) is 0 Å². The van der Waals surface area contributed by atoms with E-state index in [9.17, 15) is 0 Å². The second kappa shape index (κ2) is 8.97. The molecule has 1 unspecified atom stereocenters. The fraction of sp³-hybridized carbons (Fsp3) is 1.00. The van der Waals surface area contributed by atoms with Gasteiger partial charge in [-0.1, -0.05) is 0 Å². The summed E-state index contributed by atoms with van der Waals surface area (Å²) in [6.45, 7) is 1.52. The summed E-state index contributed by atoms with van der Waals surface area (Å²) in [7, 11) is 5.14. The van der Waals surface area contributed by atoms with Gasteiger partial charge in [0, 0.05) is 27.9 Å². The van der Waals surface area contributed by atoms with E-state index in [1.165, 1.54) is 0 Å². The normalized spacial score (nSPS) is 13.2. The summed E-state index contributed by atoms with van der Waals surface area (Å²) in [5, 5.41) is 0. The molecule has 0 aliphatic carbocycles. The first-order valence-electron chi connectivity index (χ1n) is 4.35. The summed E-state index contributed by atoms with van der Waals surface area (Å²) >= 11 is 0. The van der Waals surface area contributed by atoms with Crippen LogP contribution in [0.4, 0.5) is 0 Å². The van der Waals surface area contributed by atoms with E-state index in [-0.39, 0.29) is 6.10 Å². The minimum Gasteiger partial charge on any atom is -0.385 e. The Morgan fingerprint density at radius 1 is 1.00 bits per heavy atom. The van der Waals surface area contributed by atoms with Crippen molar-refractivity contribution in [1.29, 1.82) is 0 Å². The van der Waals surface area contributed by atoms with Gasteiger partial charge in [-0.05, 0) is 19.3 Å². The highest BCUT2D eigenvalue weighted by molar-refractivity contribution is 4.55. The highest BCUT2D eigenvalue weighted by atomic mass is 16.5. The number of hydrogen-bond acceptors (Lipinski definition) is 3. The quantitative estimate of drug-likeness (QED) is 0.524. The minimum atomic E-state index is 0.242. The van der Waals surface area contributed by atoms with E-state index in [1.54, 1.807) is 21.3 Å². The maximum atomic E-state index is 5.21. The molecule has 0 heterocycles. The lowest BCUT2D eigenvalue weighted by atomic mass is 10.1. The van der Waals surface area contributed by atoms with Crippen LogP contribution in [0.3, 0.4) is 0 Å². The predicted molar refractivity (Wildman–Crippen MR) is 48.4 cm³/mol.